The molecule has 0 aliphatic carbocycles. The van der Waals surface area contributed by atoms with Gasteiger partial charge >= 0.3 is 12.1 Å². The van der Waals surface area contributed by atoms with E-state index in [2.05, 4.69) is 0 Å². The Bertz CT molecular complexity index is 542. The number of anilines is 1. The van der Waals surface area contributed by atoms with E-state index in [1.165, 1.54) is 6.07 Å². The maximum Gasteiger partial charge on any atom is 0.417 e. The van der Waals surface area contributed by atoms with Gasteiger partial charge in [0.25, 0.3) is 0 Å². The number of nitrogens with zero attached hydrogens (tertiary/aromatic N) is 1. The second-order valence-corrected chi connectivity index (χ2v) is 5.43. The highest BCUT2D eigenvalue weighted by atomic mass is 19.4. The zero-order valence-corrected chi connectivity index (χ0v) is 11.9. The van der Waals surface area contributed by atoms with Crippen molar-refractivity contribution in [3.05, 3.63) is 29.3 Å². The standard InChI is InChI=1S/C15H18F3NO2/c1-3-10-5-4-9(2)19(10)11-6-7-13(15(16,17)18)12(8-11)14(20)21/h6-10H,3-5H2,1-2H3,(H,20,21). The van der Waals surface area contributed by atoms with Gasteiger partial charge in [0.15, 0.2) is 0 Å². The van der Waals surface area contributed by atoms with Crippen LogP contribution in [0.2, 0.25) is 0 Å². The molecule has 21 heavy (non-hydrogen) atoms. The number of carboxylic acids is 1. The van der Waals surface area contributed by atoms with Gasteiger partial charge in [0.2, 0.25) is 0 Å². The van der Waals surface area contributed by atoms with Gasteiger partial charge in [0.1, 0.15) is 0 Å². The number of hydrogen-bond donors (Lipinski definition) is 1. The summed E-state index contributed by atoms with van der Waals surface area (Å²) >= 11 is 0. The molecule has 0 aromatic heterocycles. The molecule has 1 aromatic carbocycles. The topological polar surface area (TPSA) is 40.5 Å². The molecule has 1 heterocycles. The van der Waals surface area contributed by atoms with Gasteiger partial charge in [-0.15, -0.1) is 0 Å². The van der Waals surface area contributed by atoms with E-state index < -0.39 is 23.3 Å². The SMILES string of the molecule is CCC1CCC(C)N1c1ccc(C(F)(F)F)c(C(=O)O)c1. The fourth-order valence-corrected chi connectivity index (χ4v) is 3.05. The molecule has 1 saturated heterocycles. The minimum absolute atomic E-state index is 0.202. The molecule has 1 N–H and O–H groups in total. The molecule has 0 bridgehead atoms. The molecule has 0 radical (unpaired) electrons. The second kappa shape index (κ2) is 5.58. The maximum atomic E-state index is 12.9. The summed E-state index contributed by atoms with van der Waals surface area (Å²) in [7, 11) is 0. The Kier molecular flexibility index (Phi) is 4.16. The van der Waals surface area contributed by atoms with Gasteiger partial charge < -0.3 is 10.0 Å². The van der Waals surface area contributed by atoms with Gasteiger partial charge in [0.05, 0.1) is 11.1 Å². The molecule has 2 rings (SSSR count). The minimum atomic E-state index is -4.66. The van der Waals surface area contributed by atoms with Crippen LogP contribution in [0.3, 0.4) is 0 Å². The van der Waals surface area contributed by atoms with Crippen molar-refractivity contribution in [2.45, 2.75) is 51.4 Å². The normalized spacial score (nSPS) is 22.6. The van der Waals surface area contributed by atoms with Gasteiger partial charge in [-0.25, -0.2) is 4.79 Å². The number of alkyl halides is 3. The number of hydrogen-bond acceptors (Lipinski definition) is 2. The molecule has 2 atom stereocenters. The van der Waals surface area contributed by atoms with E-state index in [0.717, 1.165) is 31.4 Å². The van der Waals surface area contributed by atoms with Crippen LogP contribution >= 0.6 is 0 Å². The highest BCUT2D eigenvalue weighted by Gasteiger charge is 2.37. The Hall–Kier alpha value is -1.72. The molecule has 0 amide bonds. The van der Waals surface area contributed by atoms with E-state index in [0.29, 0.717) is 5.69 Å². The molecule has 6 heteroatoms. The molecule has 1 fully saturated rings. The van der Waals surface area contributed by atoms with E-state index >= 15 is 0 Å². The van der Waals surface area contributed by atoms with Crippen LogP contribution in [0.1, 0.15) is 49.0 Å². The zero-order chi connectivity index (χ0) is 15.8. The molecule has 1 aromatic rings. The predicted molar refractivity (Wildman–Crippen MR) is 73.7 cm³/mol. The lowest BCUT2D eigenvalue weighted by atomic mass is 10.0. The third-order valence-corrected chi connectivity index (χ3v) is 4.09. The molecular weight excluding hydrogens is 283 g/mol. The van der Waals surface area contributed by atoms with Crippen LogP contribution in [0.15, 0.2) is 18.2 Å². The molecule has 0 spiro atoms. The Morgan fingerprint density at radius 3 is 2.57 bits per heavy atom. The summed E-state index contributed by atoms with van der Waals surface area (Å²) < 4.78 is 38.6. The van der Waals surface area contributed by atoms with Crippen molar-refractivity contribution in [1.29, 1.82) is 0 Å². The summed E-state index contributed by atoms with van der Waals surface area (Å²) in [4.78, 5) is 13.2. The minimum Gasteiger partial charge on any atom is -0.478 e. The lowest BCUT2D eigenvalue weighted by Crippen LogP contribution is -2.34. The molecule has 0 saturated carbocycles. The first-order valence-electron chi connectivity index (χ1n) is 6.98. The Morgan fingerprint density at radius 1 is 1.38 bits per heavy atom. The lowest BCUT2D eigenvalue weighted by Gasteiger charge is -2.31. The van der Waals surface area contributed by atoms with Crippen LogP contribution in [-0.4, -0.2) is 23.2 Å². The van der Waals surface area contributed by atoms with Crippen molar-refractivity contribution < 1.29 is 23.1 Å². The quantitative estimate of drug-likeness (QED) is 0.911. The first-order chi connectivity index (χ1) is 9.75. The molecule has 116 valence electrons. The highest BCUT2D eigenvalue weighted by Crippen LogP contribution is 2.37. The summed E-state index contributed by atoms with van der Waals surface area (Å²) in [6.07, 6.45) is -1.84. The summed E-state index contributed by atoms with van der Waals surface area (Å²) in [6, 6.07) is 3.85. The monoisotopic (exact) mass is 301 g/mol. The summed E-state index contributed by atoms with van der Waals surface area (Å²) in [6.45, 7) is 4.03. The number of carbonyl (C=O) groups is 1. The van der Waals surface area contributed by atoms with Crippen molar-refractivity contribution >= 4 is 11.7 Å². The first-order valence-corrected chi connectivity index (χ1v) is 6.98. The average Bonchev–Trinajstić information content (AvgIpc) is 2.78. The van der Waals surface area contributed by atoms with Crippen molar-refractivity contribution in [1.82, 2.24) is 0 Å². The molecular formula is C15H18F3NO2. The Labute approximate surface area is 121 Å². The summed E-state index contributed by atoms with van der Waals surface area (Å²) in [5.41, 5.74) is -1.23. The van der Waals surface area contributed by atoms with E-state index in [1.54, 1.807) is 0 Å². The van der Waals surface area contributed by atoms with Gasteiger partial charge in [0, 0.05) is 17.8 Å². The molecule has 3 nitrogen and oxygen atoms in total. The predicted octanol–water partition coefficient (Wildman–Crippen LogP) is 4.17. The highest BCUT2D eigenvalue weighted by molar-refractivity contribution is 5.91. The van der Waals surface area contributed by atoms with E-state index in [1.807, 2.05) is 18.7 Å². The number of halogens is 3. The van der Waals surface area contributed by atoms with Crippen molar-refractivity contribution in [3.8, 4) is 0 Å². The fourth-order valence-electron chi connectivity index (χ4n) is 3.05. The van der Waals surface area contributed by atoms with Crippen LogP contribution in [0.5, 0.6) is 0 Å². The maximum absolute atomic E-state index is 12.9. The van der Waals surface area contributed by atoms with E-state index in [9.17, 15) is 18.0 Å². The summed E-state index contributed by atoms with van der Waals surface area (Å²) in [5, 5.41) is 9.07. The lowest BCUT2D eigenvalue weighted by molar-refractivity contribution is -0.138. The fraction of sp³-hybridized carbons (Fsp3) is 0.533. The van der Waals surface area contributed by atoms with Crippen molar-refractivity contribution in [3.63, 3.8) is 0 Å². The number of benzene rings is 1. The van der Waals surface area contributed by atoms with Crippen LogP contribution in [0.25, 0.3) is 0 Å². The largest absolute Gasteiger partial charge is 0.478 e. The second-order valence-electron chi connectivity index (χ2n) is 5.43. The van der Waals surface area contributed by atoms with Crippen molar-refractivity contribution in [2.75, 3.05) is 4.90 Å². The Morgan fingerprint density at radius 2 is 2.05 bits per heavy atom. The Balaban J connectivity index is 2.47. The molecule has 2 unspecified atom stereocenters. The number of aromatic carboxylic acids is 1. The van der Waals surface area contributed by atoms with Crippen LogP contribution in [0, 0.1) is 0 Å². The third-order valence-electron chi connectivity index (χ3n) is 4.09. The average molecular weight is 301 g/mol. The van der Waals surface area contributed by atoms with E-state index in [-0.39, 0.29) is 12.1 Å². The van der Waals surface area contributed by atoms with E-state index in [4.69, 9.17) is 5.11 Å². The number of rotatable bonds is 3. The molecule has 1 aliphatic heterocycles. The van der Waals surface area contributed by atoms with Gasteiger partial charge in [-0.3, -0.25) is 0 Å². The third kappa shape index (κ3) is 2.99. The van der Waals surface area contributed by atoms with Crippen molar-refractivity contribution in [2.24, 2.45) is 0 Å². The van der Waals surface area contributed by atoms with Crippen LogP contribution in [0.4, 0.5) is 18.9 Å². The summed E-state index contributed by atoms with van der Waals surface area (Å²) in [5.74, 6) is -1.55. The smallest absolute Gasteiger partial charge is 0.417 e. The molecule has 1 aliphatic rings. The van der Waals surface area contributed by atoms with Gasteiger partial charge in [-0.2, -0.15) is 13.2 Å². The van der Waals surface area contributed by atoms with Gasteiger partial charge in [-0.05, 0) is 44.4 Å². The van der Waals surface area contributed by atoms with Gasteiger partial charge in [-0.1, -0.05) is 6.92 Å². The number of carboxylic acid groups (broad SMARTS) is 1. The first kappa shape index (κ1) is 15.7. The zero-order valence-electron chi connectivity index (χ0n) is 11.9. The van der Waals surface area contributed by atoms with Crippen LogP contribution in [-0.2, 0) is 6.18 Å². The van der Waals surface area contributed by atoms with Crippen LogP contribution < -0.4 is 4.90 Å².